The van der Waals surface area contributed by atoms with E-state index in [9.17, 15) is 31.9 Å². The third-order valence-corrected chi connectivity index (χ3v) is 8.97. The molecule has 1 heterocycles. The molecule has 0 bridgehead atoms. The first kappa shape index (κ1) is 32.2. The second kappa shape index (κ2) is 13.3. The fourth-order valence-electron chi connectivity index (χ4n) is 5.34. The van der Waals surface area contributed by atoms with Crippen LogP contribution in [0, 0.1) is 18.6 Å². The topological polar surface area (TPSA) is 107 Å². The van der Waals surface area contributed by atoms with Gasteiger partial charge in [0.1, 0.15) is 11.6 Å². The van der Waals surface area contributed by atoms with Crippen LogP contribution in [0.25, 0.3) is 0 Å². The summed E-state index contributed by atoms with van der Waals surface area (Å²) in [5.41, 5.74) is 3.97. The third-order valence-electron chi connectivity index (χ3n) is 7.38. The Morgan fingerprint density at radius 2 is 1.63 bits per heavy atom. The first-order valence-electron chi connectivity index (χ1n) is 14.1. The van der Waals surface area contributed by atoms with Gasteiger partial charge in [0, 0.05) is 57.0 Å². The Hall–Kier alpha value is -3.67. The summed E-state index contributed by atoms with van der Waals surface area (Å²) in [6.07, 6.45) is -0.369. The van der Waals surface area contributed by atoms with Crippen molar-refractivity contribution >= 4 is 21.7 Å². The first-order chi connectivity index (χ1) is 20.2. The van der Waals surface area contributed by atoms with Crippen molar-refractivity contribution < 1.29 is 31.9 Å². The van der Waals surface area contributed by atoms with Gasteiger partial charge < -0.3 is 20.2 Å². The van der Waals surface area contributed by atoms with Gasteiger partial charge in [-0.1, -0.05) is 25.1 Å². The summed E-state index contributed by atoms with van der Waals surface area (Å²) in [5, 5.41) is 14.2. The van der Waals surface area contributed by atoms with Gasteiger partial charge in [-0.25, -0.2) is 17.2 Å². The molecule has 0 saturated carbocycles. The van der Waals surface area contributed by atoms with Crippen molar-refractivity contribution in [3.8, 4) is 0 Å². The largest absolute Gasteiger partial charge is 0.390 e. The number of nitrogens with zero attached hydrogens (tertiary/aromatic N) is 2. The molecule has 3 aromatic rings. The lowest BCUT2D eigenvalue weighted by Gasteiger charge is -2.30. The minimum Gasteiger partial charge on any atom is -0.390 e. The number of nitrogens with one attached hydrogen (secondary N) is 1. The maximum absolute atomic E-state index is 14.0. The number of amides is 2. The number of aryl methyl sites for hydroxylation is 2. The molecule has 1 aliphatic heterocycles. The molecule has 8 nitrogen and oxygen atoms in total. The maximum atomic E-state index is 14.0. The first-order valence-corrected chi connectivity index (χ1v) is 15.9. The molecule has 2 atom stereocenters. The molecule has 0 aromatic heterocycles. The predicted molar refractivity (Wildman–Crippen MR) is 160 cm³/mol. The maximum Gasteiger partial charge on any atom is 0.254 e. The number of aliphatic hydroxyl groups is 1. The molecule has 0 fully saturated rings. The van der Waals surface area contributed by atoms with Crippen LogP contribution in [0.5, 0.6) is 0 Å². The van der Waals surface area contributed by atoms with Gasteiger partial charge in [-0.3, -0.25) is 9.59 Å². The van der Waals surface area contributed by atoms with Crippen LogP contribution in [0.2, 0.25) is 0 Å². The number of hydrogen-bond acceptors (Lipinski definition) is 6. The molecule has 230 valence electrons. The Morgan fingerprint density at radius 1 is 0.977 bits per heavy atom. The number of sulfone groups is 1. The van der Waals surface area contributed by atoms with Gasteiger partial charge in [-0.15, -0.1) is 0 Å². The van der Waals surface area contributed by atoms with Crippen molar-refractivity contribution in [2.45, 2.75) is 44.7 Å². The van der Waals surface area contributed by atoms with Crippen LogP contribution < -0.4 is 5.32 Å². The Morgan fingerprint density at radius 3 is 2.26 bits per heavy atom. The van der Waals surface area contributed by atoms with Crippen LogP contribution in [0.15, 0.2) is 54.6 Å². The molecular formula is C32H37F2N3O5S. The third kappa shape index (κ3) is 8.25. The number of fused-ring (bicyclic) bond motifs is 1. The number of hydrogen-bond donors (Lipinski definition) is 2. The highest BCUT2D eigenvalue weighted by atomic mass is 32.2. The van der Waals surface area contributed by atoms with Crippen molar-refractivity contribution in [3.63, 3.8) is 0 Å². The van der Waals surface area contributed by atoms with Crippen molar-refractivity contribution in [1.82, 2.24) is 15.1 Å². The molecule has 2 amide bonds. The van der Waals surface area contributed by atoms with Crippen molar-refractivity contribution in [1.29, 1.82) is 0 Å². The average molecular weight is 614 g/mol. The number of halogens is 2. The van der Waals surface area contributed by atoms with Crippen LogP contribution in [0.1, 0.15) is 61.5 Å². The second-order valence-electron chi connectivity index (χ2n) is 11.3. The molecule has 0 spiro atoms. The average Bonchev–Trinajstić information content (AvgIpc) is 2.93. The second-order valence-corrected chi connectivity index (χ2v) is 13.4. The Kier molecular flexibility index (Phi) is 9.99. The van der Waals surface area contributed by atoms with E-state index in [1.54, 1.807) is 33.2 Å². The van der Waals surface area contributed by atoms with Crippen molar-refractivity contribution in [3.05, 3.63) is 105 Å². The zero-order valence-electron chi connectivity index (χ0n) is 24.7. The molecule has 1 unspecified atom stereocenters. The zero-order chi connectivity index (χ0) is 31.5. The van der Waals surface area contributed by atoms with E-state index in [0.717, 1.165) is 35.7 Å². The van der Waals surface area contributed by atoms with Crippen molar-refractivity contribution in [2.24, 2.45) is 0 Å². The highest BCUT2D eigenvalue weighted by Crippen LogP contribution is 2.29. The van der Waals surface area contributed by atoms with Gasteiger partial charge in [0.15, 0.2) is 9.84 Å². The van der Waals surface area contributed by atoms with E-state index in [0.29, 0.717) is 16.7 Å². The van der Waals surface area contributed by atoms with Crippen LogP contribution >= 0.6 is 0 Å². The quantitative estimate of drug-likeness (QED) is 0.361. The number of carbonyl (C=O) groups is 2. The molecule has 11 heteroatoms. The number of benzene rings is 3. The molecule has 43 heavy (non-hydrogen) atoms. The Balaban J connectivity index is 1.58. The Bertz CT molecular complexity index is 1610. The van der Waals surface area contributed by atoms with Gasteiger partial charge >= 0.3 is 0 Å². The zero-order valence-corrected chi connectivity index (χ0v) is 25.5. The van der Waals surface area contributed by atoms with Gasteiger partial charge in [0.2, 0.25) is 0 Å². The summed E-state index contributed by atoms with van der Waals surface area (Å²) in [5.74, 6) is -2.62. The molecule has 2 N–H and O–H groups in total. The SMILES string of the molecule is CCc1ccc2c(c1)C(NC[C@H](O)CN(Cc1cc(F)cc(F)c1)C(=O)c1cc(C)cc(C(=O)N(C)C)c1)CS(=O)(=O)C2. The summed E-state index contributed by atoms with van der Waals surface area (Å²) in [6.45, 7) is 3.27. The van der Waals surface area contributed by atoms with Crippen LogP contribution in [-0.4, -0.2) is 74.2 Å². The molecule has 1 aliphatic rings. The van der Waals surface area contributed by atoms with Crippen LogP contribution in [0.3, 0.4) is 0 Å². The molecule has 0 radical (unpaired) electrons. The van der Waals surface area contributed by atoms with E-state index in [2.05, 4.69) is 5.32 Å². The smallest absolute Gasteiger partial charge is 0.254 e. The lowest BCUT2D eigenvalue weighted by Crippen LogP contribution is -2.43. The summed E-state index contributed by atoms with van der Waals surface area (Å²) in [7, 11) is -0.173. The lowest BCUT2D eigenvalue weighted by atomic mass is 9.98. The van der Waals surface area contributed by atoms with Crippen LogP contribution in [0.4, 0.5) is 8.78 Å². The van der Waals surface area contributed by atoms with E-state index < -0.39 is 39.5 Å². The van der Waals surface area contributed by atoms with E-state index >= 15 is 0 Å². The molecule has 0 saturated heterocycles. The van der Waals surface area contributed by atoms with Gasteiger partial charge in [-0.2, -0.15) is 0 Å². The number of aliphatic hydroxyl groups excluding tert-OH is 1. The van der Waals surface area contributed by atoms with Crippen molar-refractivity contribution in [2.75, 3.05) is 32.9 Å². The van der Waals surface area contributed by atoms with E-state index in [1.165, 1.54) is 15.9 Å². The number of rotatable bonds is 10. The summed E-state index contributed by atoms with van der Waals surface area (Å²) >= 11 is 0. The van der Waals surface area contributed by atoms with Gasteiger partial charge in [0.25, 0.3) is 11.8 Å². The lowest BCUT2D eigenvalue weighted by molar-refractivity contribution is 0.0600. The highest BCUT2D eigenvalue weighted by Gasteiger charge is 2.30. The Labute approximate surface area is 251 Å². The minimum absolute atomic E-state index is 0.0462. The summed E-state index contributed by atoms with van der Waals surface area (Å²) in [6, 6.07) is 12.8. The van der Waals surface area contributed by atoms with Gasteiger partial charge in [-0.05, 0) is 71.5 Å². The summed E-state index contributed by atoms with van der Waals surface area (Å²) < 4.78 is 53.2. The standard InChI is InChI=1S/C32H37F2N3O5S/c1-5-21-6-7-23-18-43(41,42)19-30(29(23)12-21)35-15-28(38)17-37(16-22-10-26(33)14-27(34)11-22)32(40)25-9-20(2)8-24(13-25)31(39)36(3)4/h6-14,28,30,35,38H,5,15-19H2,1-4H3/t28-,30?/m0/s1. The molecular weight excluding hydrogens is 576 g/mol. The predicted octanol–water partition coefficient (Wildman–Crippen LogP) is 3.80. The number of carbonyl (C=O) groups excluding carboxylic acids is 2. The van der Waals surface area contributed by atoms with E-state index in [4.69, 9.17) is 0 Å². The fraction of sp³-hybridized carbons (Fsp3) is 0.375. The van der Waals surface area contributed by atoms with E-state index in [-0.39, 0.29) is 48.2 Å². The normalized spacial score (nSPS) is 16.3. The summed E-state index contributed by atoms with van der Waals surface area (Å²) in [4.78, 5) is 29.1. The van der Waals surface area contributed by atoms with Crippen LogP contribution in [-0.2, 0) is 28.6 Å². The molecule has 0 aliphatic carbocycles. The minimum atomic E-state index is -3.37. The monoisotopic (exact) mass is 613 g/mol. The molecule has 3 aromatic carbocycles. The van der Waals surface area contributed by atoms with E-state index in [1.807, 2.05) is 25.1 Å². The van der Waals surface area contributed by atoms with Gasteiger partial charge in [0.05, 0.1) is 17.6 Å². The molecule has 4 rings (SSSR count). The highest BCUT2D eigenvalue weighted by molar-refractivity contribution is 7.90. The fourth-order valence-corrected chi connectivity index (χ4v) is 7.00.